The Morgan fingerprint density at radius 3 is 0.0508 bits per heavy atom. The molecule has 59 heteroatoms. The molecule has 0 saturated carbocycles. The van der Waals surface area contributed by atoms with Crippen LogP contribution in [0.2, 0.25) is 0 Å². The summed E-state index contributed by atoms with van der Waals surface area (Å²) < 4.78 is 0. The summed E-state index contributed by atoms with van der Waals surface area (Å²) >= 11 is 0. The minimum Gasteiger partial charge on any atom is -2.00 e. The molecular formula is Al14Ca12O33. The summed E-state index contributed by atoms with van der Waals surface area (Å²) in [5.41, 5.74) is 0. The van der Waals surface area contributed by atoms with E-state index in [4.69, 9.17) is 0 Å². The number of hydrogen-bond acceptors (Lipinski definition) is 0. The van der Waals surface area contributed by atoms with Crippen molar-refractivity contribution >= 4 is 696 Å². The van der Waals surface area contributed by atoms with Crippen LogP contribution in [0.1, 0.15) is 0 Å². The average Bonchev–Trinajstić information content (AvgIpc) is 0. The third-order valence-electron chi connectivity index (χ3n) is 0. The van der Waals surface area contributed by atoms with Crippen LogP contribution in [-0.4, -0.2) is 696 Å². The first-order valence-electron chi connectivity index (χ1n) is 0. The molecule has 59 heavy (non-hydrogen) atoms. The Labute approximate surface area is 852 Å². The number of rotatable bonds is 0. The number of hydrogen-bond donors (Lipinski definition) is 0. The summed E-state index contributed by atoms with van der Waals surface area (Å²) in [6.07, 6.45) is 0. The maximum absolute atomic E-state index is 0. The fourth-order valence-corrected chi connectivity index (χ4v) is 0. The molecule has 264 valence electrons. The average molecular weight is 1390 g/mol. The smallest absolute Gasteiger partial charge is 2.00 e. The standard InChI is InChI=1S/14Al.12Ca.33O/q14*+3;12*+2;33*-2. The van der Waals surface area contributed by atoms with E-state index in [2.05, 4.69) is 0 Å². The Morgan fingerprint density at radius 2 is 0.0508 bits per heavy atom. The van der Waals surface area contributed by atoms with Crippen molar-refractivity contribution in [3.63, 3.8) is 0 Å². The van der Waals surface area contributed by atoms with Crippen LogP contribution >= 0.6 is 0 Å². The van der Waals surface area contributed by atoms with Crippen molar-refractivity contribution in [1.29, 1.82) is 0 Å². The van der Waals surface area contributed by atoms with Gasteiger partial charge in [-0.05, 0) is 0 Å². The summed E-state index contributed by atoms with van der Waals surface area (Å²) in [6.45, 7) is 0. The molecular weight excluding hydrogens is 1390 g/mol. The molecule has 0 aliphatic rings. The minimum atomic E-state index is 0. The van der Waals surface area contributed by atoms with Crippen molar-refractivity contribution < 1.29 is 181 Å². The van der Waals surface area contributed by atoms with Gasteiger partial charge >= 0.3 is 696 Å². The van der Waals surface area contributed by atoms with E-state index in [9.17, 15) is 0 Å². The van der Waals surface area contributed by atoms with Gasteiger partial charge in [-0.15, -0.1) is 0 Å². The van der Waals surface area contributed by atoms with Gasteiger partial charge in [0, 0.05) is 0 Å². The normalized spacial score (nSPS) is 0. The Balaban J connectivity index is 0. The second kappa shape index (κ2) is 1070. The van der Waals surface area contributed by atoms with Gasteiger partial charge in [-0.25, -0.2) is 0 Å². The third kappa shape index (κ3) is 1050. The van der Waals surface area contributed by atoms with E-state index in [1.54, 1.807) is 0 Å². The first-order valence-corrected chi connectivity index (χ1v) is 0. The summed E-state index contributed by atoms with van der Waals surface area (Å²) in [6, 6.07) is 0. The van der Waals surface area contributed by atoms with E-state index in [0.717, 1.165) is 0 Å². The molecule has 0 heterocycles. The zero-order valence-electron chi connectivity index (χ0n) is 30.0. The minimum absolute atomic E-state index is 0. The Hall–Kier alpha value is 21.3. The van der Waals surface area contributed by atoms with E-state index in [1.807, 2.05) is 0 Å². The van der Waals surface area contributed by atoms with Crippen LogP contribution in [0.25, 0.3) is 0 Å². The molecule has 0 saturated heterocycles. The van der Waals surface area contributed by atoms with Gasteiger partial charge in [-0.1, -0.05) is 0 Å². The van der Waals surface area contributed by atoms with Crippen LogP contribution in [0.5, 0.6) is 0 Å². The summed E-state index contributed by atoms with van der Waals surface area (Å²) in [4.78, 5) is 0. The first kappa shape index (κ1) is 1120. The molecule has 0 rings (SSSR count). The maximum Gasteiger partial charge on any atom is 3.00 e. The second-order valence-electron chi connectivity index (χ2n) is 0. The van der Waals surface area contributed by atoms with Crippen LogP contribution < -0.4 is 0 Å². The molecule has 0 bridgehead atoms. The Morgan fingerprint density at radius 1 is 0.0508 bits per heavy atom. The zero-order valence-corrected chi connectivity index (χ0v) is 72.7. The van der Waals surface area contributed by atoms with Gasteiger partial charge in [0.05, 0.1) is 0 Å². The largest absolute Gasteiger partial charge is 3.00 e. The van der Waals surface area contributed by atoms with Crippen molar-refractivity contribution in [1.82, 2.24) is 0 Å². The van der Waals surface area contributed by atoms with Crippen LogP contribution in [0, 0.1) is 0 Å². The fraction of sp³-hybridized carbons (Fsp3) is 0. The van der Waals surface area contributed by atoms with Gasteiger partial charge in [0.2, 0.25) is 0 Å². The third-order valence-corrected chi connectivity index (χ3v) is 0. The first-order chi connectivity index (χ1) is 0. The Bertz CT molecular complexity index is 84.3. The van der Waals surface area contributed by atoms with Gasteiger partial charge in [0.25, 0.3) is 0 Å². The predicted molar refractivity (Wildman–Crippen MR) is 172 cm³/mol. The van der Waals surface area contributed by atoms with Gasteiger partial charge in [0.1, 0.15) is 0 Å². The molecule has 0 aliphatic heterocycles. The van der Waals surface area contributed by atoms with Crippen molar-refractivity contribution in [2.24, 2.45) is 0 Å². The van der Waals surface area contributed by atoms with E-state index >= 15 is 0 Å². The second-order valence-corrected chi connectivity index (χ2v) is 0. The van der Waals surface area contributed by atoms with E-state index < -0.39 is 0 Å². The molecule has 0 amide bonds. The summed E-state index contributed by atoms with van der Waals surface area (Å²) in [5, 5.41) is 0. The molecule has 0 unspecified atom stereocenters. The maximum atomic E-state index is 0. The van der Waals surface area contributed by atoms with Crippen molar-refractivity contribution in [2.45, 2.75) is 0 Å². The van der Waals surface area contributed by atoms with Gasteiger partial charge in [-0.3, -0.25) is 0 Å². The van der Waals surface area contributed by atoms with Crippen LogP contribution in [-0.2, 0) is 181 Å². The van der Waals surface area contributed by atoms with Gasteiger partial charge < -0.3 is 181 Å². The molecule has 0 N–H and O–H groups in total. The molecule has 0 fully saturated rings. The van der Waals surface area contributed by atoms with Gasteiger partial charge in [0.15, 0.2) is 0 Å². The van der Waals surface area contributed by atoms with Crippen LogP contribution in [0.15, 0.2) is 0 Å². The molecule has 0 aliphatic carbocycles. The SMILES string of the molecule is [Al+3].[Al+3].[Al+3].[Al+3].[Al+3].[Al+3].[Al+3].[Al+3].[Al+3].[Al+3].[Al+3].[Al+3].[Al+3].[Al+3].[Ca+2].[Ca+2].[Ca+2].[Ca+2].[Ca+2].[Ca+2].[Ca+2].[Ca+2].[Ca+2].[Ca+2].[Ca+2].[Ca+2].[O-2].[O-2].[O-2].[O-2].[O-2].[O-2].[O-2].[O-2].[O-2].[O-2].[O-2].[O-2].[O-2].[O-2].[O-2].[O-2].[O-2].[O-2].[O-2].[O-2].[O-2].[O-2].[O-2].[O-2].[O-2].[O-2].[O-2].[O-2].[O-2].[O-2].[O-2].[O-2].[O-2]. The molecule has 0 radical (unpaired) electrons. The van der Waals surface area contributed by atoms with Crippen molar-refractivity contribution in [2.75, 3.05) is 0 Å². The quantitative estimate of drug-likeness (QED) is 0.204. The van der Waals surface area contributed by atoms with Crippen LogP contribution in [0.3, 0.4) is 0 Å². The van der Waals surface area contributed by atoms with E-state index in [0.29, 0.717) is 0 Å². The molecule has 0 aromatic rings. The molecule has 0 aromatic heterocycles. The molecule has 0 atom stereocenters. The molecule has 33 nitrogen and oxygen atoms in total. The zero-order chi connectivity index (χ0) is 0. The topological polar surface area (TPSA) is 940 Å². The van der Waals surface area contributed by atoms with Crippen molar-refractivity contribution in [3.8, 4) is 0 Å². The monoisotopic (exact) mass is 1390 g/mol. The summed E-state index contributed by atoms with van der Waals surface area (Å²) in [7, 11) is 0. The molecule has 0 spiro atoms. The van der Waals surface area contributed by atoms with Crippen LogP contribution in [0.4, 0.5) is 0 Å². The van der Waals surface area contributed by atoms with E-state index in [1.165, 1.54) is 0 Å². The summed E-state index contributed by atoms with van der Waals surface area (Å²) in [5.74, 6) is 0. The van der Waals surface area contributed by atoms with Gasteiger partial charge in [-0.2, -0.15) is 0 Å². The van der Waals surface area contributed by atoms with E-state index in [-0.39, 0.29) is 877 Å². The van der Waals surface area contributed by atoms with Crippen molar-refractivity contribution in [3.05, 3.63) is 0 Å². The predicted octanol–water partition coefficient (Wildman–Crippen LogP) is -13.8. The Kier molecular flexibility index (Phi) is 20300. The molecule has 0 aromatic carbocycles. The fourth-order valence-electron chi connectivity index (χ4n) is 0.